The Morgan fingerprint density at radius 1 is 1.32 bits per heavy atom. The summed E-state index contributed by atoms with van der Waals surface area (Å²) in [6, 6.07) is 10.2. The maximum atomic E-state index is 12.6. The van der Waals surface area contributed by atoms with Crippen LogP contribution in [0.1, 0.15) is 32.8 Å². The number of amides is 1. The summed E-state index contributed by atoms with van der Waals surface area (Å²) < 4.78 is 23.6. The average molecular weight is 352 g/mol. The van der Waals surface area contributed by atoms with Crippen molar-refractivity contribution in [2.75, 3.05) is 26.4 Å². The first-order chi connectivity index (χ1) is 11.9. The Kier molecular flexibility index (Phi) is 7.20. The zero-order valence-electron chi connectivity index (χ0n) is 15.3. The van der Waals surface area contributed by atoms with Crippen LogP contribution in [-0.2, 0) is 16.0 Å². The van der Waals surface area contributed by atoms with Crippen LogP contribution in [0.25, 0.3) is 0 Å². The normalized spacial score (nSPS) is 21.2. The number of nitrogens with one attached hydrogen (secondary N) is 1. The van der Waals surface area contributed by atoms with Crippen LogP contribution >= 0.6 is 0 Å². The zero-order chi connectivity index (χ0) is 18.3. The monoisotopic (exact) mass is 352 g/mol. The molecule has 5 nitrogen and oxygen atoms in total. The molecule has 1 fully saturated rings. The van der Waals surface area contributed by atoms with Gasteiger partial charge in [0.25, 0.3) is 0 Å². The Bertz CT molecular complexity index is 533. The van der Waals surface area contributed by atoms with Gasteiger partial charge in [-0.15, -0.1) is 0 Å². The van der Waals surface area contributed by atoms with E-state index in [1.807, 2.05) is 39.0 Å². The number of piperidine rings is 1. The van der Waals surface area contributed by atoms with Crippen molar-refractivity contribution in [3.63, 3.8) is 0 Å². The lowest BCUT2D eigenvalue weighted by atomic mass is 10.0. The Morgan fingerprint density at radius 2 is 2.04 bits per heavy atom. The van der Waals surface area contributed by atoms with E-state index >= 15 is 0 Å². The van der Waals surface area contributed by atoms with Gasteiger partial charge in [-0.05, 0) is 32.8 Å². The summed E-state index contributed by atoms with van der Waals surface area (Å²) in [6.07, 6.45) is 0.145. The number of hydrogen-bond donors (Lipinski definition) is 1. The maximum Gasteiger partial charge on any atom is 0.410 e. The molecule has 1 aromatic rings. The predicted molar refractivity (Wildman–Crippen MR) is 95.2 cm³/mol. The van der Waals surface area contributed by atoms with E-state index in [4.69, 9.17) is 9.47 Å². The molecule has 0 radical (unpaired) electrons. The third-order valence-electron chi connectivity index (χ3n) is 4.03. The highest BCUT2D eigenvalue weighted by molar-refractivity contribution is 5.68. The molecule has 25 heavy (non-hydrogen) atoms. The molecule has 0 spiro atoms. The summed E-state index contributed by atoms with van der Waals surface area (Å²) in [5, 5.41) is 3.48. The Balaban J connectivity index is 1.93. The Morgan fingerprint density at radius 3 is 2.68 bits per heavy atom. The van der Waals surface area contributed by atoms with Crippen LogP contribution in [0.4, 0.5) is 9.18 Å². The van der Waals surface area contributed by atoms with Crippen LogP contribution in [0, 0.1) is 0 Å². The molecular formula is C19H29FN2O3. The second kappa shape index (κ2) is 9.15. The SMILES string of the molecule is CC(C)(C)OC(=O)N1CC[C@@H](NCc2ccccc2)[C@@H](OCCF)C1. The number of halogens is 1. The number of ether oxygens (including phenoxy) is 2. The van der Waals surface area contributed by atoms with Crippen molar-refractivity contribution in [1.82, 2.24) is 10.2 Å². The molecular weight excluding hydrogens is 323 g/mol. The van der Waals surface area contributed by atoms with Crippen molar-refractivity contribution in [3.8, 4) is 0 Å². The standard InChI is InChI=1S/C19H29FN2O3/c1-19(2,3)25-18(23)22-11-9-16(17(14-22)24-12-10-20)21-13-15-7-5-4-6-8-15/h4-8,16-17,21H,9-14H2,1-3H3/t16-,17+/m1/s1. The number of likely N-dealkylation sites (tertiary alicyclic amines) is 1. The molecule has 1 heterocycles. The molecule has 1 saturated heterocycles. The second-order valence-corrected chi connectivity index (χ2v) is 7.29. The first-order valence-corrected chi connectivity index (χ1v) is 8.82. The topological polar surface area (TPSA) is 50.8 Å². The third-order valence-corrected chi connectivity index (χ3v) is 4.03. The van der Waals surface area contributed by atoms with E-state index in [1.54, 1.807) is 4.90 Å². The molecule has 0 aliphatic carbocycles. The number of carbonyl (C=O) groups excluding carboxylic acids is 1. The number of alkyl halides is 1. The van der Waals surface area contributed by atoms with Crippen LogP contribution < -0.4 is 5.32 Å². The smallest absolute Gasteiger partial charge is 0.410 e. The van der Waals surface area contributed by atoms with E-state index in [-0.39, 0.29) is 24.8 Å². The van der Waals surface area contributed by atoms with E-state index in [2.05, 4.69) is 17.4 Å². The van der Waals surface area contributed by atoms with Crippen molar-refractivity contribution >= 4 is 6.09 Å². The summed E-state index contributed by atoms with van der Waals surface area (Å²) in [5.41, 5.74) is 0.649. The van der Waals surface area contributed by atoms with Crippen LogP contribution in [-0.4, -0.2) is 55.1 Å². The van der Waals surface area contributed by atoms with Crippen molar-refractivity contribution in [1.29, 1.82) is 0 Å². The highest BCUT2D eigenvalue weighted by atomic mass is 19.1. The van der Waals surface area contributed by atoms with Gasteiger partial charge in [0.05, 0.1) is 19.3 Å². The van der Waals surface area contributed by atoms with Gasteiger partial charge < -0.3 is 19.7 Å². The molecule has 1 aliphatic rings. The lowest BCUT2D eigenvalue weighted by molar-refractivity contribution is -0.0375. The van der Waals surface area contributed by atoms with E-state index in [9.17, 15) is 9.18 Å². The summed E-state index contributed by atoms with van der Waals surface area (Å²) in [4.78, 5) is 13.9. The van der Waals surface area contributed by atoms with Gasteiger partial charge in [0.15, 0.2) is 0 Å². The van der Waals surface area contributed by atoms with Crippen molar-refractivity contribution < 1.29 is 18.7 Å². The van der Waals surface area contributed by atoms with Crippen LogP contribution in [0.2, 0.25) is 0 Å². The summed E-state index contributed by atoms with van der Waals surface area (Å²) in [6.45, 7) is 6.75. The molecule has 6 heteroatoms. The molecule has 1 aromatic carbocycles. The van der Waals surface area contributed by atoms with E-state index in [0.717, 1.165) is 6.42 Å². The first kappa shape index (κ1) is 19.7. The molecule has 1 amide bonds. The number of nitrogens with zero attached hydrogens (tertiary/aromatic N) is 1. The molecule has 0 unspecified atom stereocenters. The number of rotatable bonds is 6. The van der Waals surface area contributed by atoms with E-state index < -0.39 is 12.3 Å². The highest BCUT2D eigenvalue weighted by Crippen LogP contribution is 2.18. The number of hydrogen-bond acceptors (Lipinski definition) is 4. The minimum atomic E-state index is -0.533. The second-order valence-electron chi connectivity index (χ2n) is 7.29. The van der Waals surface area contributed by atoms with Crippen molar-refractivity contribution in [2.45, 2.75) is 51.5 Å². The van der Waals surface area contributed by atoms with Crippen LogP contribution in [0.3, 0.4) is 0 Å². The van der Waals surface area contributed by atoms with Gasteiger partial charge in [-0.1, -0.05) is 30.3 Å². The highest BCUT2D eigenvalue weighted by Gasteiger charge is 2.33. The minimum Gasteiger partial charge on any atom is -0.444 e. The molecule has 1 aliphatic heterocycles. The molecule has 0 bridgehead atoms. The lowest BCUT2D eigenvalue weighted by Crippen LogP contribution is -2.55. The number of carbonyl (C=O) groups is 1. The first-order valence-electron chi connectivity index (χ1n) is 8.82. The van der Waals surface area contributed by atoms with Crippen molar-refractivity contribution in [3.05, 3.63) is 35.9 Å². The van der Waals surface area contributed by atoms with Crippen molar-refractivity contribution in [2.24, 2.45) is 0 Å². The minimum absolute atomic E-state index is 0.0380. The average Bonchev–Trinajstić information content (AvgIpc) is 2.58. The largest absolute Gasteiger partial charge is 0.444 e. The quantitative estimate of drug-likeness (QED) is 0.855. The molecule has 2 rings (SSSR count). The van der Waals surface area contributed by atoms with Gasteiger partial charge >= 0.3 is 6.09 Å². The summed E-state index contributed by atoms with van der Waals surface area (Å²) >= 11 is 0. The fourth-order valence-corrected chi connectivity index (χ4v) is 2.85. The van der Waals surface area contributed by atoms with Gasteiger partial charge in [0, 0.05) is 19.1 Å². The van der Waals surface area contributed by atoms with Gasteiger partial charge in [0.1, 0.15) is 12.3 Å². The molecule has 0 saturated carbocycles. The molecule has 140 valence electrons. The maximum absolute atomic E-state index is 12.6. The fraction of sp³-hybridized carbons (Fsp3) is 0.632. The van der Waals surface area contributed by atoms with E-state index in [1.165, 1.54) is 5.56 Å². The molecule has 0 aromatic heterocycles. The summed E-state index contributed by atoms with van der Waals surface area (Å²) in [7, 11) is 0. The van der Waals surface area contributed by atoms with Gasteiger partial charge in [0.2, 0.25) is 0 Å². The zero-order valence-corrected chi connectivity index (χ0v) is 15.3. The molecule has 1 N–H and O–H groups in total. The Labute approximate surface area is 149 Å². The Hall–Kier alpha value is -1.66. The third kappa shape index (κ3) is 6.63. The van der Waals surface area contributed by atoms with Gasteiger partial charge in [-0.25, -0.2) is 9.18 Å². The number of benzene rings is 1. The predicted octanol–water partition coefficient (Wildman–Crippen LogP) is 3.14. The lowest BCUT2D eigenvalue weighted by Gasteiger charge is -2.39. The summed E-state index contributed by atoms with van der Waals surface area (Å²) in [5.74, 6) is 0. The van der Waals surface area contributed by atoms with Crippen LogP contribution in [0.15, 0.2) is 30.3 Å². The van der Waals surface area contributed by atoms with Gasteiger partial charge in [-0.2, -0.15) is 0 Å². The molecule has 2 atom stereocenters. The van der Waals surface area contributed by atoms with Gasteiger partial charge in [-0.3, -0.25) is 0 Å². The van der Waals surface area contributed by atoms with E-state index in [0.29, 0.717) is 19.6 Å². The van der Waals surface area contributed by atoms with Crippen LogP contribution in [0.5, 0.6) is 0 Å². The fourth-order valence-electron chi connectivity index (χ4n) is 2.85.